The molecular weight excluding hydrogens is 292 g/mol. The van der Waals surface area contributed by atoms with Crippen molar-refractivity contribution in [3.8, 4) is 17.1 Å². The summed E-state index contributed by atoms with van der Waals surface area (Å²) in [7, 11) is 1.62. The van der Waals surface area contributed by atoms with E-state index in [2.05, 4.69) is 15.1 Å². The topological polar surface area (TPSA) is 72.3 Å². The van der Waals surface area contributed by atoms with E-state index in [1.165, 1.54) is 4.52 Å². The Kier molecular flexibility index (Phi) is 2.90. The monoisotopic (exact) mass is 306 g/mol. The van der Waals surface area contributed by atoms with Gasteiger partial charge in [0, 0.05) is 10.9 Å². The Bertz CT molecular complexity index is 1080. The molecule has 0 saturated heterocycles. The third-order valence-electron chi connectivity index (χ3n) is 3.81. The lowest BCUT2D eigenvalue weighted by molar-refractivity contribution is 0.415. The summed E-state index contributed by atoms with van der Waals surface area (Å²) in [5.74, 6) is 1.27. The number of hydrogen-bond donors (Lipinski definition) is 1. The fraction of sp³-hybridized carbons (Fsp3) is 0.118. The molecule has 114 valence electrons. The highest BCUT2D eigenvalue weighted by Crippen LogP contribution is 2.22. The third kappa shape index (κ3) is 2.15. The molecule has 0 bridgehead atoms. The first-order valence-corrected chi connectivity index (χ1v) is 7.19. The van der Waals surface area contributed by atoms with Crippen LogP contribution in [0.25, 0.3) is 27.9 Å². The Morgan fingerprint density at radius 3 is 2.65 bits per heavy atom. The van der Waals surface area contributed by atoms with Crippen LogP contribution in [0.1, 0.15) is 5.56 Å². The van der Waals surface area contributed by atoms with E-state index in [1.807, 2.05) is 49.4 Å². The summed E-state index contributed by atoms with van der Waals surface area (Å²) in [4.78, 5) is 19.6. The van der Waals surface area contributed by atoms with Gasteiger partial charge >= 0.3 is 5.69 Å². The molecule has 0 aliphatic carbocycles. The summed E-state index contributed by atoms with van der Waals surface area (Å²) < 4.78 is 6.45. The van der Waals surface area contributed by atoms with Gasteiger partial charge in [0.25, 0.3) is 0 Å². The molecule has 0 unspecified atom stereocenters. The first-order chi connectivity index (χ1) is 11.2. The van der Waals surface area contributed by atoms with Crippen molar-refractivity contribution in [2.24, 2.45) is 0 Å². The normalized spacial score (nSPS) is 11.2. The predicted octanol–water partition coefficient (Wildman–Crippen LogP) is 2.55. The largest absolute Gasteiger partial charge is 0.497 e. The van der Waals surface area contributed by atoms with Gasteiger partial charge < -0.3 is 9.72 Å². The molecule has 2 heterocycles. The standard InChI is InChI=1S/C17H14N4O2/c1-10-3-8-13-14(9-10)18-17(22)21-16(13)19-15(20-21)11-4-6-12(23-2)7-5-11/h3-9H,1-2H3,(H,18,22). The van der Waals surface area contributed by atoms with Crippen molar-refractivity contribution in [1.29, 1.82) is 0 Å². The highest BCUT2D eigenvalue weighted by molar-refractivity contribution is 5.91. The molecule has 23 heavy (non-hydrogen) atoms. The van der Waals surface area contributed by atoms with E-state index in [0.717, 1.165) is 27.8 Å². The minimum atomic E-state index is -0.301. The van der Waals surface area contributed by atoms with Crippen LogP contribution in [-0.2, 0) is 0 Å². The molecule has 0 atom stereocenters. The number of aryl methyl sites for hydroxylation is 1. The van der Waals surface area contributed by atoms with Gasteiger partial charge in [0.2, 0.25) is 0 Å². The first-order valence-electron chi connectivity index (χ1n) is 7.19. The van der Waals surface area contributed by atoms with Gasteiger partial charge in [-0.2, -0.15) is 4.52 Å². The number of hydrogen-bond acceptors (Lipinski definition) is 4. The zero-order valence-electron chi connectivity index (χ0n) is 12.7. The van der Waals surface area contributed by atoms with Crippen molar-refractivity contribution in [1.82, 2.24) is 19.6 Å². The third-order valence-corrected chi connectivity index (χ3v) is 3.81. The lowest BCUT2D eigenvalue weighted by Gasteiger charge is -2.00. The summed E-state index contributed by atoms with van der Waals surface area (Å²) in [6, 6.07) is 13.3. The van der Waals surface area contributed by atoms with E-state index in [1.54, 1.807) is 7.11 Å². The molecule has 0 aliphatic heterocycles. The average molecular weight is 306 g/mol. The van der Waals surface area contributed by atoms with Crippen molar-refractivity contribution >= 4 is 16.6 Å². The van der Waals surface area contributed by atoms with Crippen LogP contribution >= 0.6 is 0 Å². The van der Waals surface area contributed by atoms with E-state index < -0.39 is 0 Å². The molecule has 0 spiro atoms. The number of fused-ring (bicyclic) bond motifs is 3. The van der Waals surface area contributed by atoms with E-state index in [9.17, 15) is 4.79 Å². The van der Waals surface area contributed by atoms with Gasteiger partial charge in [-0.1, -0.05) is 6.07 Å². The molecule has 6 nitrogen and oxygen atoms in total. The van der Waals surface area contributed by atoms with Crippen LogP contribution < -0.4 is 10.4 Å². The highest BCUT2D eigenvalue weighted by Gasteiger charge is 2.12. The molecular formula is C17H14N4O2. The molecule has 1 N–H and O–H groups in total. The smallest absolute Gasteiger partial charge is 0.348 e. The van der Waals surface area contributed by atoms with Gasteiger partial charge in [0.05, 0.1) is 12.6 Å². The molecule has 2 aromatic heterocycles. The molecule has 0 saturated carbocycles. The molecule has 0 radical (unpaired) electrons. The lowest BCUT2D eigenvalue weighted by Crippen LogP contribution is -2.17. The van der Waals surface area contributed by atoms with Crippen LogP contribution in [0.5, 0.6) is 5.75 Å². The van der Waals surface area contributed by atoms with E-state index in [0.29, 0.717) is 11.5 Å². The molecule has 0 fully saturated rings. The van der Waals surface area contributed by atoms with Crippen LogP contribution in [0.4, 0.5) is 0 Å². The Morgan fingerprint density at radius 1 is 1.13 bits per heavy atom. The number of benzene rings is 2. The second kappa shape index (κ2) is 4.95. The second-order valence-electron chi connectivity index (χ2n) is 5.38. The summed E-state index contributed by atoms with van der Waals surface area (Å²) >= 11 is 0. The number of nitrogens with zero attached hydrogens (tertiary/aromatic N) is 3. The Labute approximate surface area is 131 Å². The SMILES string of the molecule is COc1ccc(-c2nc3c4ccc(C)cc4[nH]c(=O)n3n2)cc1. The minimum absolute atomic E-state index is 0.301. The number of nitrogens with one attached hydrogen (secondary N) is 1. The number of aromatic amines is 1. The maximum Gasteiger partial charge on any atom is 0.348 e. The minimum Gasteiger partial charge on any atom is -0.497 e. The van der Waals surface area contributed by atoms with Gasteiger partial charge in [0.15, 0.2) is 11.5 Å². The lowest BCUT2D eigenvalue weighted by atomic mass is 10.2. The summed E-state index contributed by atoms with van der Waals surface area (Å²) in [5, 5.41) is 5.19. The number of aromatic nitrogens is 4. The van der Waals surface area contributed by atoms with E-state index >= 15 is 0 Å². The van der Waals surface area contributed by atoms with Crippen molar-refractivity contribution < 1.29 is 4.74 Å². The molecule has 4 rings (SSSR count). The average Bonchev–Trinajstić information content (AvgIpc) is 3.01. The Hall–Kier alpha value is -3.15. The summed E-state index contributed by atoms with van der Waals surface area (Å²) in [6.45, 7) is 1.98. The van der Waals surface area contributed by atoms with Crippen molar-refractivity contribution in [3.63, 3.8) is 0 Å². The van der Waals surface area contributed by atoms with Gasteiger partial charge in [-0.3, -0.25) is 0 Å². The fourth-order valence-electron chi connectivity index (χ4n) is 2.62. The predicted molar refractivity (Wildman–Crippen MR) is 87.8 cm³/mol. The zero-order valence-corrected chi connectivity index (χ0v) is 12.7. The Balaban J connectivity index is 1.97. The zero-order chi connectivity index (χ0) is 16.0. The van der Waals surface area contributed by atoms with Crippen LogP contribution in [0.3, 0.4) is 0 Å². The number of H-pyrrole nitrogens is 1. The fourth-order valence-corrected chi connectivity index (χ4v) is 2.62. The molecule has 2 aromatic carbocycles. The van der Waals surface area contributed by atoms with Gasteiger partial charge in [-0.25, -0.2) is 9.78 Å². The molecule has 0 aliphatic rings. The van der Waals surface area contributed by atoms with Crippen molar-refractivity contribution in [3.05, 3.63) is 58.5 Å². The van der Waals surface area contributed by atoms with Crippen molar-refractivity contribution in [2.75, 3.05) is 7.11 Å². The van der Waals surface area contributed by atoms with Crippen LogP contribution in [-0.4, -0.2) is 26.7 Å². The molecule has 0 amide bonds. The van der Waals surface area contributed by atoms with E-state index in [4.69, 9.17) is 4.74 Å². The van der Waals surface area contributed by atoms with Gasteiger partial charge in [0.1, 0.15) is 5.75 Å². The molecule has 4 aromatic rings. The number of rotatable bonds is 2. The van der Waals surface area contributed by atoms with Crippen LogP contribution in [0.2, 0.25) is 0 Å². The maximum absolute atomic E-state index is 12.2. The number of ether oxygens (including phenoxy) is 1. The Morgan fingerprint density at radius 2 is 1.91 bits per heavy atom. The quantitative estimate of drug-likeness (QED) is 0.618. The maximum atomic E-state index is 12.2. The highest BCUT2D eigenvalue weighted by atomic mass is 16.5. The van der Waals surface area contributed by atoms with Gasteiger partial charge in [-0.15, -0.1) is 5.10 Å². The summed E-state index contributed by atoms with van der Waals surface area (Å²) in [6.07, 6.45) is 0. The van der Waals surface area contributed by atoms with Crippen molar-refractivity contribution in [2.45, 2.75) is 6.92 Å². The van der Waals surface area contributed by atoms with E-state index in [-0.39, 0.29) is 5.69 Å². The van der Waals surface area contributed by atoms with Gasteiger partial charge in [-0.05, 0) is 48.9 Å². The van der Waals surface area contributed by atoms with Crippen LogP contribution in [0.15, 0.2) is 47.3 Å². The molecule has 6 heteroatoms. The second-order valence-corrected chi connectivity index (χ2v) is 5.38. The van der Waals surface area contributed by atoms with Crippen LogP contribution in [0, 0.1) is 6.92 Å². The number of methoxy groups -OCH3 is 1. The first kappa shape index (κ1) is 13.5. The summed E-state index contributed by atoms with van der Waals surface area (Å²) in [5.41, 5.74) is 2.91.